The van der Waals surface area contributed by atoms with Gasteiger partial charge in [-0.25, -0.2) is 4.79 Å². The maximum absolute atomic E-state index is 11.1. The van der Waals surface area contributed by atoms with Crippen molar-refractivity contribution in [1.29, 1.82) is 0 Å². The first kappa shape index (κ1) is 12.6. The van der Waals surface area contributed by atoms with Gasteiger partial charge in [0.15, 0.2) is 0 Å². The van der Waals surface area contributed by atoms with Crippen molar-refractivity contribution in [2.24, 2.45) is 0 Å². The van der Waals surface area contributed by atoms with Gasteiger partial charge in [0.1, 0.15) is 22.3 Å². The molecule has 0 fully saturated rings. The Morgan fingerprint density at radius 1 is 1.15 bits per heavy atom. The summed E-state index contributed by atoms with van der Waals surface area (Å²) in [4.78, 5) is 11.1. The van der Waals surface area contributed by atoms with Crippen LogP contribution in [0, 0.1) is 6.92 Å². The second kappa shape index (κ2) is 4.57. The molecule has 0 saturated heterocycles. The number of carboxylic acids is 1. The third kappa shape index (κ3) is 1.90. The molecule has 0 amide bonds. The summed E-state index contributed by atoms with van der Waals surface area (Å²) < 4.78 is 8.52. The van der Waals surface area contributed by atoms with Crippen molar-refractivity contribution in [2.45, 2.75) is 6.92 Å². The second-order valence-electron chi connectivity index (χ2n) is 4.43. The number of hydrogen-bond acceptors (Lipinski definition) is 5. The van der Waals surface area contributed by atoms with Crippen LogP contribution in [0.4, 0.5) is 0 Å². The smallest absolute Gasteiger partial charge is 0.339 e. The molecule has 0 aliphatic heterocycles. The number of carboxylic acid groups (broad SMARTS) is 1. The molecule has 2 N–H and O–H groups in total. The molecule has 5 nitrogen and oxygen atoms in total. The molecule has 0 spiro atoms. The minimum absolute atomic E-state index is 0.126. The zero-order valence-electron chi connectivity index (χ0n) is 10.5. The number of aromatic nitrogens is 2. The maximum atomic E-state index is 11.1. The van der Waals surface area contributed by atoms with Gasteiger partial charge >= 0.3 is 5.97 Å². The summed E-state index contributed by atoms with van der Waals surface area (Å²) in [5.41, 5.74) is 3.96. The van der Waals surface area contributed by atoms with E-state index in [0.717, 1.165) is 33.9 Å². The van der Waals surface area contributed by atoms with Gasteiger partial charge < -0.3 is 10.2 Å². The zero-order chi connectivity index (χ0) is 14.3. The van der Waals surface area contributed by atoms with E-state index < -0.39 is 5.97 Å². The summed E-state index contributed by atoms with van der Waals surface area (Å²) in [7, 11) is 0. The van der Waals surface area contributed by atoms with Crippen LogP contribution >= 0.6 is 11.7 Å². The number of rotatable bonds is 2. The number of phenols is 1. The van der Waals surface area contributed by atoms with Gasteiger partial charge in [-0.3, -0.25) is 0 Å². The molecule has 3 aromatic rings. The fourth-order valence-corrected chi connectivity index (χ4v) is 2.72. The first-order valence-electron chi connectivity index (χ1n) is 5.86. The Hall–Kier alpha value is -2.47. The number of nitrogens with zero attached hydrogens (tertiary/aromatic N) is 2. The Kier molecular flexibility index (Phi) is 2.87. The Morgan fingerprint density at radius 2 is 1.90 bits per heavy atom. The summed E-state index contributed by atoms with van der Waals surface area (Å²) in [6.07, 6.45) is 0. The van der Waals surface area contributed by atoms with E-state index in [4.69, 9.17) is 5.11 Å². The van der Waals surface area contributed by atoms with E-state index in [1.807, 2.05) is 19.1 Å². The highest BCUT2D eigenvalue weighted by Crippen LogP contribution is 2.32. The lowest BCUT2D eigenvalue weighted by molar-refractivity contribution is 0.0694. The van der Waals surface area contributed by atoms with Gasteiger partial charge in [0.25, 0.3) is 0 Å². The second-order valence-corrected chi connectivity index (χ2v) is 4.96. The van der Waals surface area contributed by atoms with Crippen molar-refractivity contribution in [3.05, 3.63) is 41.5 Å². The summed E-state index contributed by atoms with van der Waals surface area (Å²) in [6, 6.07) is 8.31. The Morgan fingerprint density at radius 3 is 2.65 bits per heavy atom. The van der Waals surface area contributed by atoms with Crippen molar-refractivity contribution in [3.63, 3.8) is 0 Å². The van der Waals surface area contributed by atoms with Gasteiger partial charge in [-0.05, 0) is 30.2 Å². The molecule has 20 heavy (non-hydrogen) atoms. The number of aryl methyl sites for hydroxylation is 1. The molecule has 0 aliphatic carbocycles. The summed E-state index contributed by atoms with van der Waals surface area (Å²) in [5.74, 6) is -1.41. The Balaban J connectivity index is 2.26. The maximum Gasteiger partial charge on any atom is 0.339 e. The van der Waals surface area contributed by atoms with E-state index in [0.29, 0.717) is 5.56 Å². The largest absolute Gasteiger partial charge is 0.507 e. The molecular weight excluding hydrogens is 276 g/mol. The van der Waals surface area contributed by atoms with Crippen LogP contribution in [0.3, 0.4) is 0 Å². The molecule has 0 unspecified atom stereocenters. The lowest BCUT2D eigenvalue weighted by Gasteiger charge is -2.06. The average molecular weight is 286 g/mol. The number of carbonyl (C=O) groups is 1. The molecule has 0 radical (unpaired) electrons. The summed E-state index contributed by atoms with van der Waals surface area (Å²) >= 11 is 1.12. The molecular formula is C14H10N2O3S. The van der Waals surface area contributed by atoms with Crippen LogP contribution in [0.2, 0.25) is 0 Å². The van der Waals surface area contributed by atoms with Crippen LogP contribution in [0.25, 0.3) is 22.2 Å². The van der Waals surface area contributed by atoms with E-state index in [-0.39, 0.29) is 11.3 Å². The number of hydrogen-bond donors (Lipinski definition) is 2. The average Bonchev–Trinajstić information content (AvgIpc) is 2.90. The fourth-order valence-electron chi connectivity index (χ4n) is 2.10. The van der Waals surface area contributed by atoms with Gasteiger partial charge in [-0.2, -0.15) is 8.75 Å². The standard InChI is InChI=1S/C14H10N2O3S/c1-7-2-4-9(13-12(7)15-20-16-13)8-3-5-11(17)10(6-8)14(18)19/h2-6,17H,1H3,(H,18,19). The van der Waals surface area contributed by atoms with Crippen LogP contribution in [0.15, 0.2) is 30.3 Å². The first-order chi connectivity index (χ1) is 9.58. The van der Waals surface area contributed by atoms with Crippen molar-refractivity contribution in [1.82, 2.24) is 8.75 Å². The highest BCUT2D eigenvalue weighted by molar-refractivity contribution is 7.00. The van der Waals surface area contributed by atoms with E-state index >= 15 is 0 Å². The van der Waals surface area contributed by atoms with E-state index in [1.54, 1.807) is 6.07 Å². The molecule has 2 aromatic carbocycles. The normalized spacial score (nSPS) is 10.8. The molecule has 1 aromatic heterocycles. The third-order valence-corrected chi connectivity index (χ3v) is 3.68. The fraction of sp³-hybridized carbons (Fsp3) is 0.0714. The predicted molar refractivity (Wildman–Crippen MR) is 76.2 cm³/mol. The molecule has 1 heterocycles. The summed E-state index contributed by atoms with van der Waals surface area (Å²) in [6.45, 7) is 1.95. The van der Waals surface area contributed by atoms with Crippen molar-refractivity contribution >= 4 is 28.7 Å². The van der Waals surface area contributed by atoms with Gasteiger partial charge in [0.05, 0.1) is 11.7 Å². The van der Waals surface area contributed by atoms with Crippen LogP contribution < -0.4 is 0 Å². The lowest BCUT2D eigenvalue weighted by atomic mass is 9.99. The molecule has 0 bridgehead atoms. The van der Waals surface area contributed by atoms with E-state index in [9.17, 15) is 9.90 Å². The SMILES string of the molecule is Cc1ccc(-c2ccc(O)c(C(=O)O)c2)c2nsnc12. The van der Waals surface area contributed by atoms with Crippen molar-refractivity contribution in [2.75, 3.05) is 0 Å². The number of benzene rings is 2. The monoisotopic (exact) mass is 286 g/mol. The number of aromatic hydroxyl groups is 1. The highest BCUT2D eigenvalue weighted by Gasteiger charge is 2.14. The first-order valence-corrected chi connectivity index (χ1v) is 6.59. The molecule has 0 aliphatic rings. The van der Waals surface area contributed by atoms with Crippen LogP contribution in [0.1, 0.15) is 15.9 Å². The van der Waals surface area contributed by atoms with Gasteiger partial charge in [0, 0.05) is 5.56 Å². The zero-order valence-corrected chi connectivity index (χ0v) is 11.3. The molecule has 100 valence electrons. The van der Waals surface area contributed by atoms with E-state index in [1.165, 1.54) is 12.1 Å². The predicted octanol–water partition coefficient (Wildman–Crippen LogP) is 3.07. The molecule has 0 atom stereocenters. The number of fused-ring (bicyclic) bond motifs is 1. The quantitative estimate of drug-likeness (QED) is 0.756. The molecule has 0 saturated carbocycles. The van der Waals surface area contributed by atoms with Crippen molar-refractivity contribution in [3.8, 4) is 16.9 Å². The molecule has 6 heteroatoms. The number of aromatic carboxylic acids is 1. The Labute approximate surface area is 118 Å². The minimum atomic E-state index is -1.16. The summed E-state index contributed by atoms with van der Waals surface area (Å²) in [5, 5.41) is 18.6. The highest BCUT2D eigenvalue weighted by atomic mass is 32.1. The van der Waals surface area contributed by atoms with Crippen LogP contribution in [-0.2, 0) is 0 Å². The van der Waals surface area contributed by atoms with Crippen molar-refractivity contribution < 1.29 is 15.0 Å². The van der Waals surface area contributed by atoms with Crippen LogP contribution in [0.5, 0.6) is 5.75 Å². The van der Waals surface area contributed by atoms with Gasteiger partial charge in [-0.15, -0.1) is 0 Å². The molecule has 3 rings (SSSR count). The topological polar surface area (TPSA) is 83.3 Å². The third-order valence-electron chi connectivity index (χ3n) is 3.16. The van der Waals surface area contributed by atoms with Crippen LogP contribution in [-0.4, -0.2) is 24.9 Å². The van der Waals surface area contributed by atoms with Gasteiger partial charge in [0.2, 0.25) is 0 Å². The lowest BCUT2D eigenvalue weighted by Crippen LogP contribution is -1.97. The van der Waals surface area contributed by atoms with E-state index in [2.05, 4.69) is 8.75 Å². The van der Waals surface area contributed by atoms with Gasteiger partial charge in [-0.1, -0.05) is 18.2 Å². The Bertz CT molecular complexity index is 826. The minimum Gasteiger partial charge on any atom is -0.507 e.